The second kappa shape index (κ2) is 5.41. The molecule has 0 saturated carbocycles. The van der Waals surface area contributed by atoms with Gasteiger partial charge in [-0.1, -0.05) is 30.3 Å². The highest BCUT2D eigenvalue weighted by molar-refractivity contribution is 5.15. The zero-order valence-corrected chi connectivity index (χ0v) is 11.3. The fourth-order valence-corrected chi connectivity index (χ4v) is 3.64. The Labute approximate surface area is 110 Å². The highest BCUT2D eigenvalue weighted by Crippen LogP contribution is 2.32. The van der Waals surface area contributed by atoms with Crippen molar-refractivity contribution in [1.29, 1.82) is 0 Å². The second-order valence-corrected chi connectivity index (χ2v) is 5.90. The summed E-state index contributed by atoms with van der Waals surface area (Å²) in [6.07, 6.45) is 4.16. The Kier molecular flexibility index (Phi) is 3.67. The molecule has 1 N–H and O–H groups in total. The predicted octanol–water partition coefficient (Wildman–Crippen LogP) is 2.65. The smallest absolute Gasteiger partial charge is 0.0255 e. The summed E-state index contributed by atoms with van der Waals surface area (Å²) in [4.78, 5) is 2.73. The van der Waals surface area contributed by atoms with Crippen LogP contribution in [0.25, 0.3) is 0 Å². The van der Waals surface area contributed by atoms with Crippen molar-refractivity contribution in [2.24, 2.45) is 5.92 Å². The molecule has 2 heteroatoms. The molecule has 0 spiro atoms. The van der Waals surface area contributed by atoms with Crippen LogP contribution in [0.1, 0.15) is 31.7 Å². The summed E-state index contributed by atoms with van der Waals surface area (Å²) in [6.45, 7) is 5.91. The van der Waals surface area contributed by atoms with Crippen molar-refractivity contribution >= 4 is 0 Å². The number of piperidine rings is 2. The van der Waals surface area contributed by atoms with Gasteiger partial charge in [0.25, 0.3) is 0 Å². The maximum absolute atomic E-state index is 3.58. The Morgan fingerprint density at radius 2 is 2.00 bits per heavy atom. The average molecular weight is 244 g/mol. The fourth-order valence-electron chi connectivity index (χ4n) is 3.64. The molecule has 18 heavy (non-hydrogen) atoms. The number of fused-ring (bicyclic) bond motifs is 1. The second-order valence-electron chi connectivity index (χ2n) is 5.90. The van der Waals surface area contributed by atoms with Gasteiger partial charge in [-0.25, -0.2) is 0 Å². The van der Waals surface area contributed by atoms with Crippen molar-refractivity contribution in [2.45, 2.75) is 44.8 Å². The first-order chi connectivity index (χ1) is 8.84. The lowest BCUT2D eigenvalue weighted by atomic mass is 9.81. The Bertz CT molecular complexity index is 376. The van der Waals surface area contributed by atoms with Gasteiger partial charge in [0.15, 0.2) is 0 Å². The predicted molar refractivity (Wildman–Crippen MR) is 75.4 cm³/mol. The molecule has 0 aromatic heterocycles. The number of hydrogen-bond acceptors (Lipinski definition) is 2. The number of nitrogens with zero attached hydrogens (tertiary/aromatic N) is 1. The first kappa shape index (κ1) is 12.2. The minimum atomic E-state index is 0.728. The number of hydrogen-bond donors (Lipinski definition) is 1. The standard InChI is InChI=1S/C16H24N2/c1-13-7-8-15-9-10-17-11-16(15)18(13)12-14-5-3-2-4-6-14/h2-6,13,15-17H,7-12H2,1H3. The average Bonchev–Trinajstić information content (AvgIpc) is 2.43. The van der Waals surface area contributed by atoms with E-state index in [2.05, 4.69) is 47.5 Å². The molecule has 0 bridgehead atoms. The zero-order valence-electron chi connectivity index (χ0n) is 11.3. The van der Waals surface area contributed by atoms with Crippen LogP contribution in [0.4, 0.5) is 0 Å². The molecule has 2 aliphatic heterocycles. The Balaban J connectivity index is 1.75. The first-order valence-corrected chi connectivity index (χ1v) is 7.35. The van der Waals surface area contributed by atoms with Gasteiger partial charge in [0.05, 0.1) is 0 Å². The van der Waals surface area contributed by atoms with Gasteiger partial charge >= 0.3 is 0 Å². The van der Waals surface area contributed by atoms with Crippen LogP contribution in [0.5, 0.6) is 0 Å². The van der Waals surface area contributed by atoms with Gasteiger partial charge in [-0.15, -0.1) is 0 Å². The molecule has 0 radical (unpaired) electrons. The van der Waals surface area contributed by atoms with Crippen LogP contribution >= 0.6 is 0 Å². The molecule has 2 aliphatic rings. The Morgan fingerprint density at radius 3 is 2.83 bits per heavy atom. The van der Waals surface area contributed by atoms with Gasteiger partial charge < -0.3 is 5.32 Å². The van der Waals surface area contributed by atoms with E-state index >= 15 is 0 Å². The molecule has 2 nitrogen and oxygen atoms in total. The fraction of sp³-hybridized carbons (Fsp3) is 0.625. The number of benzene rings is 1. The van der Waals surface area contributed by atoms with Crippen LogP contribution in [-0.4, -0.2) is 30.1 Å². The van der Waals surface area contributed by atoms with E-state index in [1.54, 1.807) is 0 Å². The van der Waals surface area contributed by atoms with Gasteiger partial charge in [0, 0.05) is 25.2 Å². The van der Waals surface area contributed by atoms with Crippen LogP contribution in [0, 0.1) is 5.92 Å². The molecule has 3 unspecified atom stereocenters. The van der Waals surface area contributed by atoms with Crippen LogP contribution in [0.2, 0.25) is 0 Å². The molecule has 3 rings (SSSR count). The lowest BCUT2D eigenvalue weighted by molar-refractivity contribution is 0.0238. The van der Waals surface area contributed by atoms with E-state index in [-0.39, 0.29) is 0 Å². The SMILES string of the molecule is CC1CCC2CCNCC2N1Cc1ccccc1. The van der Waals surface area contributed by atoms with E-state index in [4.69, 9.17) is 0 Å². The van der Waals surface area contributed by atoms with Gasteiger partial charge in [-0.3, -0.25) is 4.90 Å². The number of nitrogens with one attached hydrogen (secondary N) is 1. The maximum atomic E-state index is 3.58. The lowest BCUT2D eigenvalue weighted by Gasteiger charge is -2.48. The highest BCUT2D eigenvalue weighted by Gasteiger charge is 2.36. The van der Waals surface area contributed by atoms with Crippen LogP contribution in [-0.2, 0) is 6.54 Å². The Hall–Kier alpha value is -0.860. The number of likely N-dealkylation sites (tertiary alicyclic amines) is 1. The first-order valence-electron chi connectivity index (χ1n) is 7.35. The zero-order chi connectivity index (χ0) is 12.4. The van der Waals surface area contributed by atoms with E-state index < -0.39 is 0 Å². The third kappa shape index (κ3) is 2.45. The highest BCUT2D eigenvalue weighted by atomic mass is 15.2. The summed E-state index contributed by atoms with van der Waals surface area (Å²) >= 11 is 0. The van der Waals surface area contributed by atoms with Crippen molar-refractivity contribution in [3.05, 3.63) is 35.9 Å². The summed E-state index contributed by atoms with van der Waals surface area (Å²) < 4.78 is 0. The van der Waals surface area contributed by atoms with E-state index in [0.29, 0.717) is 0 Å². The molecular weight excluding hydrogens is 220 g/mol. The maximum Gasteiger partial charge on any atom is 0.0255 e. The molecule has 98 valence electrons. The summed E-state index contributed by atoms with van der Waals surface area (Å²) in [7, 11) is 0. The number of rotatable bonds is 2. The van der Waals surface area contributed by atoms with Crippen LogP contribution < -0.4 is 5.32 Å². The quantitative estimate of drug-likeness (QED) is 0.860. The van der Waals surface area contributed by atoms with E-state index in [0.717, 1.165) is 24.5 Å². The molecule has 2 heterocycles. The van der Waals surface area contributed by atoms with Gasteiger partial charge in [0.1, 0.15) is 0 Å². The van der Waals surface area contributed by atoms with Gasteiger partial charge in [-0.2, -0.15) is 0 Å². The van der Waals surface area contributed by atoms with Crippen LogP contribution in [0.15, 0.2) is 30.3 Å². The molecule has 1 aromatic carbocycles. The third-order valence-electron chi connectivity index (χ3n) is 4.74. The minimum Gasteiger partial charge on any atom is -0.315 e. The molecule has 0 aliphatic carbocycles. The van der Waals surface area contributed by atoms with Crippen molar-refractivity contribution in [3.63, 3.8) is 0 Å². The molecule has 3 atom stereocenters. The van der Waals surface area contributed by atoms with E-state index in [1.165, 1.54) is 37.9 Å². The summed E-state index contributed by atoms with van der Waals surface area (Å²) in [5.74, 6) is 0.922. The van der Waals surface area contributed by atoms with Crippen molar-refractivity contribution in [3.8, 4) is 0 Å². The molecule has 2 fully saturated rings. The molecule has 1 aromatic rings. The summed E-state index contributed by atoms with van der Waals surface area (Å²) in [5, 5.41) is 3.58. The largest absolute Gasteiger partial charge is 0.315 e. The third-order valence-corrected chi connectivity index (χ3v) is 4.74. The summed E-state index contributed by atoms with van der Waals surface area (Å²) in [5.41, 5.74) is 1.45. The van der Waals surface area contributed by atoms with Gasteiger partial charge in [0.2, 0.25) is 0 Å². The van der Waals surface area contributed by atoms with Crippen molar-refractivity contribution in [2.75, 3.05) is 13.1 Å². The topological polar surface area (TPSA) is 15.3 Å². The minimum absolute atomic E-state index is 0.728. The summed E-state index contributed by atoms with van der Waals surface area (Å²) in [6, 6.07) is 12.4. The lowest BCUT2D eigenvalue weighted by Crippen LogP contribution is -2.56. The van der Waals surface area contributed by atoms with Crippen LogP contribution in [0.3, 0.4) is 0 Å². The van der Waals surface area contributed by atoms with Gasteiger partial charge in [-0.05, 0) is 44.2 Å². The molecule has 0 amide bonds. The molecule has 2 saturated heterocycles. The van der Waals surface area contributed by atoms with E-state index in [1.807, 2.05) is 0 Å². The Morgan fingerprint density at radius 1 is 1.17 bits per heavy atom. The van der Waals surface area contributed by atoms with Crippen molar-refractivity contribution < 1.29 is 0 Å². The molecular formula is C16H24N2. The monoisotopic (exact) mass is 244 g/mol. The van der Waals surface area contributed by atoms with E-state index in [9.17, 15) is 0 Å². The normalized spacial score (nSPS) is 33.1. The van der Waals surface area contributed by atoms with Crippen molar-refractivity contribution in [1.82, 2.24) is 10.2 Å².